The van der Waals surface area contributed by atoms with Gasteiger partial charge in [0.2, 0.25) is 0 Å². The van der Waals surface area contributed by atoms with Crippen LogP contribution in [0.25, 0.3) is 0 Å². The van der Waals surface area contributed by atoms with E-state index in [1.165, 1.54) is 5.57 Å². The van der Waals surface area contributed by atoms with Crippen LogP contribution in [-0.4, -0.2) is 85.3 Å². The van der Waals surface area contributed by atoms with Crippen molar-refractivity contribution in [2.45, 2.75) is 148 Å². The van der Waals surface area contributed by atoms with Crippen LogP contribution in [0, 0.1) is 40.4 Å². The first-order valence-corrected chi connectivity index (χ1v) is 16.4. The van der Waals surface area contributed by atoms with Crippen LogP contribution < -0.4 is 0 Å². The van der Waals surface area contributed by atoms with Crippen molar-refractivity contribution in [1.29, 1.82) is 0 Å². The third-order valence-corrected chi connectivity index (χ3v) is 12.8. The molecule has 0 bridgehead atoms. The number of aliphatic hydroxyl groups excluding tert-OH is 5. The minimum atomic E-state index is -1.36. The van der Waals surface area contributed by atoms with Crippen molar-refractivity contribution in [2.24, 2.45) is 40.4 Å². The Kier molecular flexibility index (Phi) is 8.92. The Bertz CT molecular complexity index is 1040. The third-order valence-electron chi connectivity index (χ3n) is 12.8. The fraction of sp³-hybridized carbons (Fsp3) is 0.882. The Labute approximate surface area is 251 Å². The van der Waals surface area contributed by atoms with Crippen molar-refractivity contribution >= 4 is 0 Å². The summed E-state index contributed by atoms with van der Waals surface area (Å²) in [6.45, 7) is 16.8. The first kappa shape index (κ1) is 32.6. The molecule has 0 spiro atoms. The van der Waals surface area contributed by atoms with E-state index < -0.39 is 53.9 Å². The molecule has 5 rings (SSSR count). The van der Waals surface area contributed by atoms with Gasteiger partial charge in [-0.25, -0.2) is 0 Å². The predicted molar refractivity (Wildman–Crippen MR) is 159 cm³/mol. The number of fused-ring (bicyclic) bond motifs is 5. The zero-order chi connectivity index (χ0) is 30.9. The molecule has 240 valence electrons. The highest BCUT2D eigenvalue weighted by Crippen LogP contribution is 2.69. The zero-order valence-corrected chi connectivity index (χ0v) is 26.4. The normalized spacial score (nSPS) is 51.4. The third kappa shape index (κ3) is 4.97. The summed E-state index contributed by atoms with van der Waals surface area (Å²) < 4.78 is 11.8. The summed E-state index contributed by atoms with van der Waals surface area (Å²) in [6, 6.07) is 0. The average Bonchev–Trinajstić information content (AvgIpc) is 3.19. The SMILES string of the molecule is C=C(CC[C@@H](C)[C@H]1C(O)C[C@H]2[C@@H]3CC=C4CC(O[C@@H]5O[C@@H](C)[C@@H](O)[C@@H](O)[C@@H]5O)CC[C@]4(C)[C@@]3(O)C(O)C[C@]12C)C(C)C. The molecule has 0 aromatic heterocycles. The van der Waals surface area contributed by atoms with E-state index in [9.17, 15) is 30.6 Å². The van der Waals surface area contributed by atoms with Gasteiger partial charge in [-0.2, -0.15) is 0 Å². The number of aliphatic hydroxyl groups is 6. The molecule has 5 aliphatic rings. The molecule has 0 radical (unpaired) electrons. The van der Waals surface area contributed by atoms with Gasteiger partial charge in [-0.3, -0.25) is 0 Å². The van der Waals surface area contributed by atoms with Gasteiger partial charge in [0, 0.05) is 5.41 Å². The van der Waals surface area contributed by atoms with Crippen molar-refractivity contribution in [1.82, 2.24) is 0 Å². The van der Waals surface area contributed by atoms with E-state index in [1.54, 1.807) is 6.92 Å². The second-order valence-electron chi connectivity index (χ2n) is 15.4. The van der Waals surface area contributed by atoms with E-state index >= 15 is 0 Å². The van der Waals surface area contributed by atoms with Crippen LogP contribution in [0.3, 0.4) is 0 Å². The molecule has 15 atom stereocenters. The molecule has 8 heteroatoms. The van der Waals surface area contributed by atoms with Crippen LogP contribution in [-0.2, 0) is 9.47 Å². The van der Waals surface area contributed by atoms with Crippen LogP contribution in [0.1, 0.15) is 92.9 Å². The minimum absolute atomic E-state index is 0.0576. The maximum absolute atomic E-state index is 12.6. The monoisotopic (exact) mass is 592 g/mol. The van der Waals surface area contributed by atoms with E-state index in [2.05, 4.69) is 47.3 Å². The lowest BCUT2D eigenvalue weighted by Crippen LogP contribution is -2.69. The van der Waals surface area contributed by atoms with Gasteiger partial charge in [-0.1, -0.05) is 58.4 Å². The maximum atomic E-state index is 12.6. The molecule has 3 saturated carbocycles. The van der Waals surface area contributed by atoms with Crippen LogP contribution in [0.2, 0.25) is 0 Å². The molecule has 0 amide bonds. The zero-order valence-electron chi connectivity index (χ0n) is 26.4. The summed E-state index contributed by atoms with van der Waals surface area (Å²) >= 11 is 0. The Hall–Kier alpha value is -0.840. The van der Waals surface area contributed by atoms with Gasteiger partial charge < -0.3 is 40.1 Å². The number of hydrogen-bond donors (Lipinski definition) is 6. The number of rotatable bonds is 7. The Morgan fingerprint density at radius 2 is 1.76 bits per heavy atom. The molecule has 4 aliphatic carbocycles. The molecule has 3 unspecified atom stereocenters. The van der Waals surface area contributed by atoms with E-state index in [4.69, 9.17) is 9.47 Å². The summed E-state index contributed by atoms with van der Waals surface area (Å²) in [5, 5.41) is 66.7. The van der Waals surface area contributed by atoms with Gasteiger partial charge in [0.15, 0.2) is 6.29 Å². The van der Waals surface area contributed by atoms with Crippen LogP contribution in [0.5, 0.6) is 0 Å². The van der Waals surface area contributed by atoms with Gasteiger partial charge in [-0.15, -0.1) is 0 Å². The molecule has 1 heterocycles. The second-order valence-corrected chi connectivity index (χ2v) is 15.4. The summed E-state index contributed by atoms with van der Waals surface area (Å²) in [4.78, 5) is 0. The number of hydrogen-bond acceptors (Lipinski definition) is 8. The molecule has 4 fully saturated rings. The van der Waals surface area contributed by atoms with Crippen molar-refractivity contribution in [3.8, 4) is 0 Å². The minimum Gasteiger partial charge on any atom is -0.393 e. The maximum Gasteiger partial charge on any atom is 0.186 e. The van der Waals surface area contributed by atoms with E-state index in [0.29, 0.717) is 44.4 Å². The van der Waals surface area contributed by atoms with Gasteiger partial charge in [0.25, 0.3) is 0 Å². The lowest BCUT2D eigenvalue weighted by atomic mass is 9.43. The topological polar surface area (TPSA) is 140 Å². The fourth-order valence-corrected chi connectivity index (χ4v) is 10.1. The lowest BCUT2D eigenvalue weighted by Gasteiger charge is -2.64. The molecule has 42 heavy (non-hydrogen) atoms. The quantitative estimate of drug-likeness (QED) is 0.247. The Morgan fingerprint density at radius 3 is 2.43 bits per heavy atom. The Balaban J connectivity index is 1.34. The first-order chi connectivity index (χ1) is 19.6. The van der Waals surface area contributed by atoms with Crippen LogP contribution in [0.4, 0.5) is 0 Å². The smallest absolute Gasteiger partial charge is 0.186 e. The highest BCUT2D eigenvalue weighted by atomic mass is 16.7. The number of allylic oxidation sites excluding steroid dienone is 2. The van der Waals surface area contributed by atoms with Crippen molar-refractivity contribution in [3.63, 3.8) is 0 Å². The first-order valence-electron chi connectivity index (χ1n) is 16.4. The Morgan fingerprint density at radius 1 is 1.07 bits per heavy atom. The van der Waals surface area contributed by atoms with Crippen LogP contribution in [0.15, 0.2) is 23.8 Å². The van der Waals surface area contributed by atoms with Gasteiger partial charge >= 0.3 is 0 Å². The van der Waals surface area contributed by atoms with Crippen molar-refractivity contribution in [3.05, 3.63) is 23.8 Å². The van der Waals surface area contributed by atoms with Crippen LogP contribution >= 0.6 is 0 Å². The van der Waals surface area contributed by atoms with Crippen molar-refractivity contribution < 1.29 is 40.1 Å². The highest BCUT2D eigenvalue weighted by molar-refractivity contribution is 5.33. The summed E-state index contributed by atoms with van der Waals surface area (Å²) in [5.74, 6) is 0.721. The van der Waals surface area contributed by atoms with Crippen molar-refractivity contribution in [2.75, 3.05) is 0 Å². The summed E-state index contributed by atoms with van der Waals surface area (Å²) in [6.07, 6.45) is 0.307. The molecule has 1 saturated heterocycles. The standard InChI is InChI=1S/C34H56O8/c1-17(2)18(3)8-9-19(4)27-25(35)15-24-23-11-10-21-14-22(42-31-30(39)29(38)28(37)20(5)41-31)12-13-33(21,7)34(23,40)26(36)16-32(24,27)6/h10,17,19-20,22-31,35-40H,3,8-9,11-16H2,1-2,4-7H3/t19-,20+,22?,23+,24+,25?,26?,27+,28-,29-,30+,31+,32+,33+,34+/m1/s1. The summed E-state index contributed by atoms with van der Waals surface area (Å²) in [5.41, 5.74) is 0.0578. The molecule has 0 aromatic rings. The van der Waals surface area contributed by atoms with E-state index in [-0.39, 0.29) is 35.2 Å². The number of ether oxygens (including phenoxy) is 2. The fourth-order valence-electron chi connectivity index (χ4n) is 10.1. The van der Waals surface area contributed by atoms with E-state index in [0.717, 1.165) is 18.4 Å². The molecular weight excluding hydrogens is 536 g/mol. The van der Waals surface area contributed by atoms with Gasteiger partial charge in [0.1, 0.15) is 23.9 Å². The predicted octanol–water partition coefficient (Wildman–Crippen LogP) is 3.46. The molecule has 6 N–H and O–H groups in total. The van der Waals surface area contributed by atoms with Gasteiger partial charge in [0.05, 0.1) is 24.4 Å². The molecular formula is C34H56O8. The second kappa shape index (κ2) is 11.5. The lowest BCUT2D eigenvalue weighted by molar-refractivity contribution is -0.308. The molecule has 1 aliphatic heterocycles. The summed E-state index contributed by atoms with van der Waals surface area (Å²) in [7, 11) is 0. The average molecular weight is 593 g/mol. The van der Waals surface area contributed by atoms with Gasteiger partial charge in [-0.05, 0) is 93.3 Å². The van der Waals surface area contributed by atoms with E-state index in [1.807, 2.05) is 0 Å². The largest absolute Gasteiger partial charge is 0.393 e. The molecule has 0 aromatic carbocycles. The molecule has 8 nitrogen and oxygen atoms in total. The highest BCUT2D eigenvalue weighted by Gasteiger charge is 2.70.